The van der Waals surface area contributed by atoms with Crippen molar-refractivity contribution in [3.63, 3.8) is 0 Å². The molecule has 350 valence electrons. The lowest BCUT2D eigenvalue weighted by molar-refractivity contribution is -0.220. The zero-order valence-corrected chi connectivity index (χ0v) is 38.0. The van der Waals surface area contributed by atoms with Gasteiger partial charge in [-0.05, 0) is 96.3 Å². The van der Waals surface area contributed by atoms with Crippen molar-refractivity contribution in [1.29, 1.82) is 0 Å². The molecule has 0 bridgehead atoms. The number of carbonyl (C=O) groups is 1. The number of hydrogen-bond donors (Lipinski definition) is 6. The van der Waals surface area contributed by atoms with E-state index in [1.807, 2.05) is 12.2 Å². The predicted octanol–water partition coefficient (Wildman–Crippen LogP) is 9.08. The average Bonchev–Trinajstić information content (AvgIpc) is 3.26. The number of esters is 1. The monoisotopic (exact) mass is 889 g/mol. The highest BCUT2D eigenvalue weighted by atomic mass is 31.2. The first-order valence-electron chi connectivity index (χ1n) is 22.4. The van der Waals surface area contributed by atoms with Crippen LogP contribution in [0.1, 0.15) is 117 Å². The molecule has 0 heterocycles. The molecule has 1 aliphatic rings. The van der Waals surface area contributed by atoms with Crippen molar-refractivity contribution >= 4 is 13.8 Å². The Morgan fingerprint density at radius 2 is 0.887 bits per heavy atom. The van der Waals surface area contributed by atoms with Crippen molar-refractivity contribution in [2.24, 2.45) is 0 Å². The van der Waals surface area contributed by atoms with Crippen LogP contribution in [0.25, 0.3) is 0 Å². The number of allylic oxidation sites excluding steroid dienone is 20. The molecule has 0 spiro atoms. The van der Waals surface area contributed by atoms with Crippen LogP contribution < -0.4 is 0 Å². The third-order valence-electron chi connectivity index (χ3n) is 9.33. The van der Waals surface area contributed by atoms with E-state index < -0.39 is 63.1 Å². The summed E-state index contributed by atoms with van der Waals surface area (Å²) >= 11 is 0. The van der Waals surface area contributed by atoms with Crippen molar-refractivity contribution in [3.05, 3.63) is 122 Å². The number of carbonyl (C=O) groups excluding carboxylic acids is 1. The summed E-state index contributed by atoms with van der Waals surface area (Å²) in [6.45, 7) is 3.83. The normalized spacial score (nSPS) is 23.2. The zero-order chi connectivity index (χ0) is 45.5. The summed E-state index contributed by atoms with van der Waals surface area (Å²) in [5.41, 5.74) is 0. The van der Waals surface area contributed by atoms with Gasteiger partial charge in [0, 0.05) is 13.0 Å². The molecule has 1 saturated carbocycles. The Bertz CT molecular complexity index is 1480. The fourth-order valence-corrected chi connectivity index (χ4v) is 6.80. The fourth-order valence-electron chi connectivity index (χ4n) is 5.83. The summed E-state index contributed by atoms with van der Waals surface area (Å²) in [4.78, 5) is 23.1. The van der Waals surface area contributed by atoms with Crippen molar-refractivity contribution < 1.29 is 58.3 Å². The van der Waals surface area contributed by atoms with Gasteiger partial charge in [0.1, 0.15) is 42.7 Å². The number of phosphoric ester groups is 1. The Morgan fingerprint density at radius 3 is 1.31 bits per heavy atom. The highest BCUT2D eigenvalue weighted by molar-refractivity contribution is 7.47. The average molecular weight is 889 g/mol. The van der Waals surface area contributed by atoms with Crippen molar-refractivity contribution in [1.82, 2.24) is 0 Å². The third kappa shape index (κ3) is 29.9. The van der Waals surface area contributed by atoms with E-state index in [0.717, 1.165) is 83.5 Å². The highest BCUT2D eigenvalue weighted by Gasteiger charge is 2.51. The molecule has 0 saturated heterocycles. The molecule has 0 amide bonds. The largest absolute Gasteiger partial charge is 0.472 e. The predicted molar refractivity (Wildman–Crippen MR) is 248 cm³/mol. The molecule has 12 nitrogen and oxygen atoms in total. The van der Waals surface area contributed by atoms with E-state index in [2.05, 4.69) is 123 Å². The van der Waals surface area contributed by atoms with Gasteiger partial charge in [0.05, 0.1) is 13.2 Å². The number of aliphatic hydroxyl groups is 5. The molecule has 1 rings (SSSR count). The summed E-state index contributed by atoms with van der Waals surface area (Å²) in [5, 5.41) is 50.2. The number of hydrogen-bond acceptors (Lipinski definition) is 11. The lowest BCUT2D eigenvalue weighted by atomic mass is 9.85. The van der Waals surface area contributed by atoms with Gasteiger partial charge in [-0.2, -0.15) is 0 Å². The number of aliphatic hydroxyl groups excluding tert-OH is 5. The molecule has 13 heteroatoms. The molecule has 6 N–H and O–H groups in total. The minimum atomic E-state index is -5.06. The van der Waals surface area contributed by atoms with Crippen LogP contribution in [-0.2, 0) is 27.9 Å². The second-order valence-electron chi connectivity index (χ2n) is 14.8. The molecule has 6 atom stereocenters. The number of unbranched alkanes of at least 4 members (excludes halogenated alkanes) is 3. The van der Waals surface area contributed by atoms with Crippen LogP contribution in [0.4, 0.5) is 0 Å². The maximum absolute atomic E-state index is 12.8. The maximum Gasteiger partial charge on any atom is 0.472 e. The Morgan fingerprint density at radius 1 is 0.516 bits per heavy atom. The van der Waals surface area contributed by atoms with E-state index in [4.69, 9.17) is 18.5 Å². The molecule has 62 heavy (non-hydrogen) atoms. The van der Waals surface area contributed by atoms with E-state index in [9.17, 15) is 39.8 Å². The van der Waals surface area contributed by atoms with E-state index in [-0.39, 0.29) is 13.0 Å². The first-order valence-corrected chi connectivity index (χ1v) is 23.9. The van der Waals surface area contributed by atoms with Gasteiger partial charge >= 0.3 is 13.8 Å². The zero-order valence-electron chi connectivity index (χ0n) is 37.1. The molecule has 0 aromatic rings. The van der Waals surface area contributed by atoms with Crippen molar-refractivity contribution in [2.75, 3.05) is 19.8 Å². The Hall–Kier alpha value is -3.26. The topological polar surface area (TPSA) is 192 Å². The van der Waals surface area contributed by atoms with E-state index in [0.29, 0.717) is 19.4 Å². The van der Waals surface area contributed by atoms with Crippen LogP contribution in [0, 0.1) is 0 Å². The van der Waals surface area contributed by atoms with Gasteiger partial charge < -0.3 is 39.9 Å². The summed E-state index contributed by atoms with van der Waals surface area (Å²) in [6.07, 6.45) is 42.8. The maximum atomic E-state index is 12.8. The minimum absolute atomic E-state index is 0.0872. The van der Waals surface area contributed by atoms with Gasteiger partial charge in [0.25, 0.3) is 0 Å². The van der Waals surface area contributed by atoms with E-state index >= 15 is 0 Å². The second kappa shape index (κ2) is 38.2. The fraction of sp³-hybridized carbons (Fsp3) is 0.571. The molecule has 1 aliphatic carbocycles. The van der Waals surface area contributed by atoms with Crippen molar-refractivity contribution in [2.45, 2.75) is 159 Å². The minimum Gasteiger partial charge on any atom is -0.457 e. The quantitative estimate of drug-likeness (QED) is 0.0153. The highest BCUT2D eigenvalue weighted by Crippen LogP contribution is 2.47. The molecule has 6 unspecified atom stereocenters. The lowest BCUT2D eigenvalue weighted by Crippen LogP contribution is -2.64. The molecule has 0 aromatic carbocycles. The Balaban J connectivity index is 2.51. The van der Waals surface area contributed by atoms with Gasteiger partial charge in [-0.3, -0.25) is 13.8 Å². The van der Waals surface area contributed by atoms with Crippen LogP contribution in [0.5, 0.6) is 0 Å². The Kier molecular flexibility index (Phi) is 35.0. The molecular formula is C49H77O12P. The van der Waals surface area contributed by atoms with Crippen LogP contribution >= 0.6 is 7.82 Å². The summed E-state index contributed by atoms with van der Waals surface area (Å²) in [7, 11) is -5.06. The Labute approximate surface area is 371 Å². The van der Waals surface area contributed by atoms with E-state index in [1.165, 1.54) is 0 Å². The summed E-state index contributed by atoms with van der Waals surface area (Å²) in [5.74, 6) is -0.556. The standard InChI is InChI=1S/C49H77O12P/c1-3-5-7-9-11-13-15-17-19-21-23-25-27-29-31-33-35-37-39-58-40-42(41-59-62(56,57)61-49-47(54)45(52)44(51)46(53)48(49)55)60-43(50)38-36-34-32-30-28-26-24-22-20-18-16-14-12-10-8-6-4-2/h5-8,11-14,17-20,23-26,29-32,42,44-49,51-55H,3-4,9-10,15-16,21-22,27-28,33-41H2,1-2H3,(H,56,57)/b7-5-,8-6-,13-11-,14-12-,19-17-,20-18-,25-23-,26-24-,31-29-,32-30-. The van der Waals surface area contributed by atoms with Gasteiger partial charge in [-0.25, -0.2) is 4.57 Å². The first-order chi connectivity index (χ1) is 30.0. The number of phosphoric acid groups is 1. The summed E-state index contributed by atoms with van der Waals surface area (Å²) in [6, 6.07) is 0. The SMILES string of the molecule is CC/C=C\C/C=C\C/C=C\C/C=C\C/C=C\CCCCOCC(COP(=O)(O)OC1C(O)C(O)C(O)C(O)C1O)OC(=O)CCC/C=C\C/C=C\C/C=C\C/C=C\C/C=C\CC. The smallest absolute Gasteiger partial charge is 0.457 e. The van der Waals surface area contributed by atoms with Crippen LogP contribution in [0.3, 0.4) is 0 Å². The third-order valence-corrected chi connectivity index (χ3v) is 10.3. The first kappa shape index (κ1) is 56.8. The number of rotatable bonds is 35. The van der Waals surface area contributed by atoms with Crippen LogP contribution in [0.2, 0.25) is 0 Å². The van der Waals surface area contributed by atoms with Gasteiger partial charge in [0.2, 0.25) is 0 Å². The van der Waals surface area contributed by atoms with Gasteiger partial charge in [-0.15, -0.1) is 0 Å². The lowest BCUT2D eigenvalue weighted by Gasteiger charge is -2.41. The molecular weight excluding hydrogens is 812 g/mol. The molecule has 0 aliphatic heterocycles. The second-order valence-corrected chi connectivity index (χ2v) is 16.2. The van der Waals surface area contributed by atoms with Crippen LogP contribution in [0.15, 0.2) is 122 Å². The van der Waals surface area contributed by atoms with Crippen LogP contribution in [-0.4, -0.2) is 98.9 Å². The molecule has 1 fully saturated rings. The number of ether oxygens (including phenoxy) is 2. The summed E-state index contributed by atoms with van der Waals surface area (Å²) < 4.78 is 34.0. The van der Waals surface area contributed by atoms with E-state index in [1.54, 1.807) is 0 Å². The van der Waals surface area contributed by atoms with Gasteiger partial charge in [0.15, 0.2) is 0 Å². The molecule has 0 aromatic heterocycles. The molecule has 0 radical (unpaired) electrons. The van der Waals surface area contributed by atoms with Gasteiger partial charge in [-0.1, -0.05) is 135 Å². The van der Waals surface area contributed by atoms with Crippen molar-refractivity contribution in [3.8, 4) is 0 Å².